The summed E-state index contributed by atoms with van der Waals surface area (Å²) in [5.74, 6) is 0.796. The zero-order valence-electron chi connectivity index (χ0n) is 16.4. The molecule has 0 radical (unpaired) electrons. The van der Waals surface area contributed by atoms with Gasteiger partial charge in [-0.2, -0.15) is 5.10 Å². The Morgan fingerprint density at radius 1 is 1.31 bits per heavy atom. The predicted octanol–water partition coefficient (Wildman–Crippen LogP) is 4.26. The van der Waals surface area contributed by atoms with Gasteiger partial charge in [-0.15, -0.1) is 0 Å². The van der Waals surface area contributed by atoms with Gasteiger partial charge in [-0.25, -0.2) is 9.97 Å². The van der Waals surface area contributed by atoms with Crippen LogP contribution in [-0.2, 0) is 13.0 Å². The first-order valence-corrected chi connectivity index (χ1v) is 9.93. The van der Waals surface area contributed by atoms with Crippen LogP contribution in [0.15, 0.2) is 47.7 Å². The molecule has 3 aromatic rings. The fourth-order valence-corrected chi connectivity index (χ4v) is 3.82. The van der Waals surface area contributed by atoms with Gasteiger partial charge in [0, 0.05) is 48.4 Å². The third kappa shape index (κ3) is 3.78. The number of halogens is 1. The van der Waals surface area contributed by atoms with Crippen LogP contribution in [0.4, 0.5) is 11.8 Å². The number of benzene rings is 1. The van der Waals surface area contributed by atoms with Crippen LogP contribution in [0.3, 0.4) is 0 Å². The summed E-state index contributed by atoms with van der Waals surface area (Å²) in [6.07, 6.45) is 5.13. The van der Waals surface area contributed by atoms with Crippen LogP contribution < -0.4 is 5.32 Å². The molecule has 1 unspecified atom stereocenters. The number of aromatic nitrogens is 4. The molecule has 2 heterocycles. The van der Waals surface area contributed by atoms with E-state index in [9.17, 15) is 0 Å². The average Bonchev–Trinajstić information content (AvgIpc) is 3.19. The first-order valence-electron chi connectivity index (χ1n) is 9.56. The number of nitrogens with zero attached hydrogens (tertiary/aromatic N) is 5. The number of rotatable bonds is 5. The molecule has 2 aromatic heterocycles. The summed E-state index contributed by atoms with van der Waals surface area (Å²) in [6.45, 7) is 2.82. The van der Waals surface area contributed by atoms with Gasteiger partial charge in [-0.3, -0.25) is 9.67 Å². The van der Waals surface area contributed by atoms with E-state index in [1.54, 1.807) is 7.05 Å². The predicted molar refractivity (Wildman–Crippen MR) is 116 cm³/mol. The fourth-order valence-electron chi connectivity index (χ4n) is 3.59. The third-order valence-electron chi connectivity index (χ3n) is 5.05. The minimum Gasteiger partial charge on any atom is -0.309 e. The number of fused-ring (bicyclic) bond motifs is 1. The van der Waals surface area contributed by atoms with E-state index in [1.807, 2.05) is 54.3 Å². The van der Waals surface area contributed by atoms with Gasteiger partial charge >= 0.3 is 0 Å². The van der Waals surface area contributed by atoms with E-state index >= 15 is 0 Å². The van der Waals surface area contributed by atoms with Gasteiger partial charge in [0.1, 0.15) is 0 Å². The van der Waals surface area contributed by atoms with Gasteiger partial charge in [0.05, 0.1) is 17.3 Å². The Labute approximate surface area is 174 Å². The van der Waals surface area contributed by atoms with Crippen molar-refractivity contribution in [2.45, 2.75) is 32.2 Å². The third-order valence-corrected chi connectivity index (χ3v) is 5.38. The lowest BCUT2D eigenvalue weighted by Crippen LogP contribution is -2.29. The van der Waals surface area contributed by atoms with E-state index in [0.717, 1.165) is 35.5 Å². The van der Waals surface area contributed by atoms with Crippen molar-refractivity contribution in [3.63, 3.8) is 0 Å². The molecular formula is C21H22ClN7. The van der Waals surface area contributed by atoms with Gasteiger partial charge in [0.25, 0.3) is 0 Å². The summed E-state index contributed by atoms with van der Waals surface area (Å²) in [4.78, 5) is 13.7. The number of hydrogen-bond donors (Lipinski definition) is 2. The maximum absolute atomic E-state index is 8.63. The number of aliphatic imine (C=N–C) groups is 1. The highest BCUT2D eigenvalue weighted by atomic mass is 35.5. The molecule has 1 aromatic carbocycles. The topological polar surface area (TPSA) is 91.8 Å². The molecule has 0 spiro atoms. The molecular weight excluding hydrogens is 386 g/mol. The lowest BCUT2D eigenvalue weighted by atomic mass is 9.80. The second kappa shape index (κ2) is 8.13. The van der Waals surface area contributed by atoms with Crippen molar-refractivity contribution >= 4 is 34.8 Å². The molecule has 0 bridgehead atoms. The average molecular weight is 408 g/mol. The Kier molecular flexibility index (Phi) is 5.40. The maximum Gasteiger partial charge on any atom is 0.228 e. The van der Waals surface area contributed by atoms with Crippen LogP contribution in [0, 0.1) is 5.41 Å². The molecule has 1 aliphatic carbocycles. The highest BCUT2D eigenvalue weighted by molar-refractivity contribution is 6.35. The number of aryl methyl sites for hydroxylation is 2. The molecule has 1 atom stereocenters. The van der Waals surface area contributed by atoms with Crippen LogP contribution in [0.25, 0.3) is 0 Å². The molecule has 0 saturated carbocycles. The van der Waals surface area contributed by atoms with E-state index in [4.69, 9.17) is 22.0 Å². The summed E-state index contributed by atoms with van der Waals surface area (Å²) >= 11 is 6.44. The van der Waals surface area contributed by atoms with Gasteiger partial charge in [0.2, 0.25) is 5.95 Å². The molecule has 0 fully saturated rings. The molecule has 2 N–H and O–H groups in total. The van der Waals surface area contributed by atoms with E-state index < -0.39 is 0 Å². The second-order valence-corrected chi connectivity index (χ2v) is 7.24. The molecule has 8 heteroatoms. The van der Waals surface area contributed by atoms with Crippen LogP contribution in [0.2, 0.25) is 5.02 Å². The van der Waals surface area contributed by atoms with Crippen LogP contribution in [-0.4, -0.2) is 38.2 Å². The van der Waals surface area contributed by atoms with E-state index in [1.165, 1.54) is 0 Å². The minimum absolute atomic E-state index is 0.347. The molecule has 0 aliphatic heterocycles. The SMILES string of the molecule is CCn1ccc(Nc2ncc3c(n2)C(C(=NC)c2ccccc2Cl)C(=N)CC3)n1. The largest absolute Gasteiger partial charge is 0.309 e. The summed E-state index contributed by atoms with van der Waals surface area (Å²) < 4.78 is 1.83. The molecule has 4 rings (SSSR count). The van der Waals surface area contributed by atoms with E-state index in [2.05, 4.69) is 20.4 Å². The first kappa shape index (κ1) is 19.3. The lowest BCUT2D eigenvalue weighted by molar-refractivity contribution is 0.662. The molecule has 1 aliphatic rings. The van der Waals surface area contributed by atoms with E-state index in [0.29, 0.717) is 28.9 Å². The zero-order chi connectivity index (χ0) is 20.4. The second-order valence-electron chi connectivity index (χ2n) is 6.83. The van der Waals surface area contributed by atoms with Gasteiger partial charge < -0.3 is 10.7 Å². The van der Waals surface area contributed by atoms with Crippen molar-refractivity contribution in [1.82, 2.24) is 19.7 Å². The van der Waals surface area contributed by atoms with Gasteiger partial charge in [-0.1, -0.05) is 29.8 Å². The molecule has 0 saturated heterocycles. The van der Waals surface area contributed by atoms with Crippen molar-refractivity contribution < 1.29 is 0 Å². The number of nitrogens with one attached hydrogen (secondary N) is 2. The fraction of sp³-hybridized carbons (Fsp3) is 0.286. The molecule has 7 nitrogen and oxygen atoms in total. The Hall–Kier alpha value is -3.06. The summed E-state index contributed by atoms with van der Waals surface area (Å²) in [7, 11) is 1.73. The summed E-state index contributed by atoms with van der Waals surface area (Å²) in [5.41, 5.74) is 3.99. The van der Waals surface area contributed by atoms with Crippen molar-refractivity contribution in [3.05, 3.63) is 64.6 Å². The van der Waals surface area contributed by atoms with Gasteiger partial charge in [-0.05, 0) is 31.4 Å². The monoisotopic (exact) mass is 407 g/mol. The Balaban J connectivity index is 1.74. The lowest BCUT2D eigenvalue weighted by Gasteiger charge is -2.27. The maximum atomic E-state index is 8.63. The quantitative estimate of drug-likeness (QED) is 0.618. The van der Waals surface area contributed by atoms with Crippen LogP contribution in [0.1, 0.15) is 36.1 Å². The van der Waals surface area contributed by atoms with Crippen molar-refractivity contribution in [1.29, 1.82) is 5.41 Å². The molecule has 29 heavy (non-hydrogen) atoms. The van der Waals surface area contributed by atoms with E-state index in [-0.39, 0.29) is 5.92 Å². The molecule has 148 valence electrons. The number of anilines is 2. The standard InChI is InChI=1S/C21H22ClN7/c1-3-29-11-10-17(28-29)26-21-25-12-13-8-9-16(23)18(19(13)27-21)20(24-2)14-6-4-5-7-15(14)22/h4-7,10-12,18,23H,3,8-9H2,1-2H3,(H,25,26,27,28). The van der Waals surface area contributed by atoms with Crippen molar-refractivity contribution in [2.75, 3.05) is 12.4 Å². The molecule has 0 amide bonds. The highest BCUT2D eigenvalue weighted by Crippen LogP contribution is 2.33. The van der Waals surface area contributed by atoms with Crippen molar-refractivity contribution in [2.24, 2.45) is 4.99 Å². The van der Waals surface area contributed by atoms with Crippen LogP contribution >= 0.6 is 11.6 Å². The smallest absolute Gasteiger partial charge is 0.228 e. The minimum atomic E-state index is -0.347. The zero-order valence-corrected chi connectivity index (χ0v) is 17.1. The summed E-state index contributed by atoms with van der Waals surface area (Å²) in [6, 6.07) is 9.47. The Morgan fingerprint density at radius 3 is 2.86 bits per heavy atom. The highest BCUT2D eigenvalue weighted by Gasteiger charge is 2.32. The van der Waals surface area contributed by atoms with Gasteiger partial charge in [0.15, 0.2) is 5.82 Å². The Morgan fingerprint density at radius 2 is 2.14 bits per heavy atom. The Bertz CT molecular complexity index is 1090. The number of hydrogen-bond acceptors (Lipinski definition) is 6. The normalized spacial score (nSPS) is 16.6. The van der Waals surface area contributed by atoms with Crippen LogP contribution in [0.5, 0.6) is 0 Å². The van der Waals surface area contributed by atoms with Crippen molar-refractivity contribution in [3.8, 4) is 0 Å². The first-order chi connectivity index (χ1) is 14.1. The summed E-state index contributed by atoms with van der Waals surface area (Å²) in [5, 5.41) is 16.8.